The van der Waals surface area contributed by atoms with E-state index in [0.29, 0.717) is 26.0 Å². The molecule has 1 heterocycles. The first-order valence-corrected chi connectivity index (χ1v) is 7.94. The number of rotatable bonds is 2. The summed E-state index contributed by atoms with van der Waals surface area (Å²) in [6.07, 6.45) is 5.15. The van der Waals surface area contributed by atoms with Gasteiger partial charge in [0.05, 0.1) is 19.1 Å². The van der Waals surface area contributed by atoms with Gasteiger partial charge >= 0.3 is 12.0 Å². The van der Waals surface area contributed by atoms with Crippen molar-refractivity contribution in [1.82, 2.24) is 10.2 Å². The zero-order valence-electron chi connectivity index (χ0n) is 12.3. The monoisotopic (exact) mass is 296 g/mol. The van der Waals surface area contributed by atoms with E-state index in [1.54, 1.807) is 0 Å². The van der Waals surface area contributed by atoms with Crippen LogP contribution in [-0.4, -0.2) is 54.4 Å². The normalized spacial score (nSPS) is 31.5. The van der Waals surface area contributed by atoms with Crippen molar-refractivity contribution in [2.45, 2.75) is 44.6 Å². The predicted molar refractivity (Wildman–Crippen MR) is 76.0 cm³/mol. The molecule has 2 saturated carbocycles. The van der Waals surface area contributed by atoms with E-state index >= 15 is 0 Å². The molecule has 6 nitrogen and oxygen atoms in total. The third-order valence-corrected chi connectivity index (χ3v) is 5.09. The first-order chi connectivity index (χ1) is 10.1. The van der Waals surface area contributed by atoms with E-state index in [1.807, 2.05) is 4.90 Å². The fraction of sp³-hybridized carbons (Fsp3) is 0.867. The molecule has 3 fully saturated rings. The van der Waals surface area contributed by atoms with Gasteiger partial charge in [-0.3, -0.25) is 4.79 Å². The van der Waals surface area contributed by atoms with Gasteiger partial charge in [0.2, 0.25) is 0 Å². The van der Waals surface area contributed by atoms with E-state index in [4.69, 9.17) is 9.84 Å². The average molecular weight is 296 g/mol. The lowest BCUT2D eigenvalue weighted by Gasteiger charge is -2.30. The molecule has 118 valence electrons. The molecule has 1 spiro atoms. The van der Waals surface area contributed by atoms with Gasteiger partial charge < -0.3 is 20.1 Å². The number of carboxylic acid groups (broad SMARTS) is 1. The van der Waals surface area contributed by atoms with Crippen LogP contribution in [0.15, 0.2) is 0 Å². The molecular weight excluding hydrogens is 272 g/mol. The van der Waals surface area contributed by atoms with Crippen molar-refractivity contribution < 1.29 is 19.4 Å². The maximum absolute atomic E-state index is 12.4. The minimum atomic E-state index is -0.708. The molecule has 3 aliphatic rings. The summed E-state index contributed by atoms with van der Waals surface area (Å²) in [5, 5.41) is 12.1. The zero-order valence-corrected chi connectivity index (χ0v) is 12.3. The Bertz CT molecular complexity index is 414. The molecule has 0 atom stereocenters. The van der Waals surface area contributed by atoms with E-state index in [0.717, 1.165) is 38.8 Å². The standard InChI is InChI=1S/C15H24N2O4/c18-13(19)11-1-3-12(4-2-11)16-14(20)17-7-8-21-10-15(9-17)5-6-15/h11-12H,1-10H2,(H,16,20)(H,18,19). The summed E-state index contributed by atoms with van der Waals surface area (Å²) >= 11 is 0. The summed E-state index contributed by atoms with van der Waals surface area (Å²) in [4.78, 5) is 25.2. The summed E-state index contributed by atoms with van der Waals surface area (Å²) < 4.78 is 5.60. The van der Waals surface area contributed by atoms with Crippen molar-refractivity contribution in [2.24, 2.45) is 11.3 Å². The lowest BCUT2D eigenvalue weighted by atomic mass is 9.86. The number of carboxylic acids is 1. The first-order valence-electron chi connectivity index (χ1n) is 7.94. The van der Waals surface area contributed by atoms with E-state index in [1.165, 1.54) is 0 Å². The van der Waals surface area contributed by atoms with Gasteiger partial charge in [-0.1, -0.05) is 0 Å². The van der Waals surface area contributed by atoms with Crippen LogP contribution in [0.25, 0.3) is 0 Å². The van der Waals surface area contributed by atoms with Gasteiger partial charge in [-0.25, -0.2) is 4.79 Å². The maximum atomic E-state index is 12.4. The van der Waals surface area contributed by atoms with Gasteiger partial charge in [-0.05, 0) is 38.5 Å². The minimum absolute atomic E-state index is 0.00875. The van der Waals surface area contributed by atoms with E-state index in [9.17, 15) is 9.59 Å². The second kappa shape index (κ2) is 5.83. The molecule has 2 N–H and O–H groups in total. The van der Waals surface area contributed by atoms with Crippen LogP contribution in [0, 0.1) is 11.3 Å². The Morgan fingerprint density at radius 2 is 1.90 bits per heavy atom. The van der Waals surface area contributed by atoms with Crippen molar-refractivity contribution in [1.29, 1.82) is 0 Å². The van der Waals surface area contributed by atoms with Crippen molar-refractivity contribution in [3.63, 3.8) is 0 Å². The molecule has 6 heteroatoms. The lowest BCUT2D eigenvalue weighted by Crippen LogP contribution is -2.48. The highest BCUT2D eigenvalue weighted by Crippen LogP contribution is 2.47. The highest BCUT2D eigenvalue weighted by Gasteiger charge is 2.46. The zero-order chi connectivity index (χ0) is 14.9. The van der Waals surface area contributed by atoms with Crippen LogP contribution >= 0.6 is 0 Å². The number of aliphatic carboxylic acids is 1. The first kappa shape index (κ1) is 14.6. The van der Waals surface area contributed by atoms with Crippen LogP contribution in [-0.2, 0) is 9.53 Å². The number of nitrogens with zero attached hydrogens (tertiary/aromatic N) is 1. The second-order valence-electron chi connectivity index (χ2n) is 6.81. The van der Waals surface area contributed by atoms with Crippen LogP contribution in [0.1, 0.15) is 38.5 Å². The molecule has 0 radical (unpaired) electrons. The van der Waals surface area contributed by atoms with Gasteiger partial charge in [0.25, 0.3) is 0 Å². The molecule has 2 aliphatic carbocycles. The van der Waals surface area contributed by atoms with Crippen LogP contribution in [0.3, 0.4) is 0 Å². The topological polar surface area (TPSA) is 78.9 Å². The van der Waals surface area contributed by atoms with E-state index in [-0.39, 0.29) is 23.4 Å². The van der Waals surface area contributed by atoms with Crippen LogP contribution < -0.4 is 5.32 Å². The van der Waals surface area contributed by atoms with Crippen LogP contribution in [0.2, 0.25) is 0 Å². The average Bonchev–Trinajstić information content (AvgIpc) is 3.26. The SMILES string of the molecule is O=C(O)C1CCC(NC(=O)N2CCOCC3(CC3)C2)CC1. The molecule has 0 aromatic carbocycles. The summed E-state index contributed by atoms with van der Waals surface area (Å²) in [5.41, 5.74) is 0.217. The molecule has 1 saturated heterocycles. The molecular formula is C15H24N2O4. The molecule has 3 rings (SSSR count). The van der Waals surface area contributed by atoms with Gasteiger partial charge in [0.15, 0.2) is 0 Å². The van der Waals surface area contributed by atoms with Gasteiger partial charge in [0.1, 0.15) is 0 Å². The number of carbonyl (C=O) groups is 2. The lowest BCUT2D eigenvalue weighted by molar-refractivity contribution is -0.142. The number of carbonyl (C=O) groups excluding carboxylic acids is 1. The number of ether oxygens (including phenoxy) is 1. The van der Waals surface area contributed by atoms with Crippen LogP contribution in [0.5, 0.6) is 0 Å². The molecule has 0 unspecified atom stereocenters. The molecule has 0 aromatic heterocycles. The second-order valence-corrected chi connectivity index (χ2v) is 6.81. The molecule has 0 aromatic rings. The quantitative estimate of drug-likeness (QED) is 0.808. The van der Waals surface area contributed by atoms with E-state index < -0.39 is 5.97 Å². The van der Waals surface area contributed by atoms with Crippen LogP contribution in [0.4, 0.5) is 4.79 Å². The summed E-state index contributed by atoms with van der Waals surface area (Å²) in [6, 6.07) is 0.109. The summed E-state index contributed by atoms with van der Waals surface area (Å²) in [6.45, 7) is 2.84. The van der Waals surface area contributed by atoms with Crippen molar-refractivity contribution in [3.8, 4) is 0 Å². The van der Waals surface area contributed by atoms with Gasteiger partial charge in [-0.2, -0.15) is 0 Å². The Kier molecular flexibility index (Phi) is 4.06. The number of urea groups is 1. The third-order valence-electron chi connectivity index (χ3n) is 5.09. The summed E-state index contributed by atoms with van der Waals surface area (Å²) in [7, 11) is 0. The Labute approximate surface area is 124 Å². The Hall–Kier alpha value is -1.30. The highest BCUT2D eigenvalue weighted by molar-refractivity contribution is 5.75. The molecule has 1 aliphatic heterocycles. The van der Waals surface area contributed by atoms with Gasteiger partial charge in [0, 0.05) is 24.5 Å². The van der Waals surface area contributed by atoms with E-state index in [2.05, 4.69) is 5.32 Å². The van der Waals surface area contributed by atoms with Gasteiger partial charge in [-0.15, -0.1) is 0 Å². The summed E-state index contributed by atoms with van der Waals surface area (Å²) in [5.74, 6) is -0.945. The van der Waals surface area contributed by atoms with Crippen molar-refractivity contribution >= 4 is 12.0 Å². The third kappa shape index (κ3) is 3.48. The largest absolute Gasteiger partial charge is 0.481 e. The van der Waals surface area contributed by atoms with Crippen molar-refractivity contribution in [2.75, 3.05) is 26.3 Å². The number of hydrogen-bond acceptors (Lipinski definition) is 3. The minimum Gasteiger partial charge on any atom is -0.481 e. The number of hydrogen-bond donors (Lipinski definition) is 2. The number of amides is 2. The fourth-order valence-electron chi connectivity index (χ4n) is 3.40. The molecule has 0 bridgehead atoms. The Balaban J connectivity index is 1.48. The number of nitrogens with one attached hydrogen (secondary N) is 1. The highest BCUT2D eigenvalue weighted by atomic mass is 16.5. The Morgan fingerprint density at radius 3 is 2.52 bits per heavy atom. The van der Waals surface area contributed by atoms with Crippen molar-refractivity contribution in [3.05, 3.63) is 0 Å². The maximum Gasteiger partial charge on any atom is 0.317 e. The molecule has 2 amide bonds. The fourth-order valence-corrected chi connectivity index (χ4v) is 3.40. The predicted octanol–water partition coefficient (Wildman–Crippen LogP) is 1.45. The Morgan fingerprint density at radius 1 is 1.19 bits per heavy atom. The molecule has 21 heavy (non-hydrogen) atoms. The smallest absolute Gasteiger partial charge is 0.317 e.